The molecular weight excluding hydrogens is 469 g/mol. The third kappa shape index (κ3) is 7.30. The maximum absolute atomic E-state index is 13.6. The Balaban J connectivity index is 1.52. The number of rotatable bonds is 8. The Hall–Kier alpha value is -4.89. The zero-order valence-corrected chi connectivity index (χ0v) is 20.1. The van der Waals surface area contributed by atoms with Crippen LogP contribution in [0.3, 0.4) is 0 Å². The van der Waals surface area contributed by atoms with Crippen molar-refractivity contribution in [3.63, 3.8) is 0 Å². The van der Waals surface area contributed by atoms with E-state index in [0.717, 1.165) is 27.8 Å². The zero-order chi connectivity index (χ0) is 26.0. The average molecular weight is 494 g/mol. The summed E-state index contributed by atoms with van der Waals surface area (Å²) in [7, 11) is 0. The molecule has 0 atom stereocenters. The molecule has 0 saturated heterocycles. The Kier molecular flexibility index (Phi) is 8.30. The van der Waals surface area contributed by atoms with Crippen LogP contribution in [0, 0.1) is 24.6 Å². The summed E-state index contributed by atoms with van der Waals surface area (Å²) >= 11 is 0. The summed E-state index contributed by atoms with van der Waals surface area (Å²) in [4.78, 5) is 14.9. The number of carboxylic acid groups (broad SMARTS) is 1. The lowest BCUT2D eigenvalue weighted by atomic mass is 9.96. The summed E-state index contributed by atoms with van der Waals surface area (Å²) in [5, 5.41) is 8.79. The van der Waals surface area contributed by atoms with Crippen LogP contribution in [0.5, 0.6) is 11.5 Å². The number of aromatic nitrogens is 1. The zero-order valence-electron chi connectivity index (χ0n) is 20.1. The minimum absolute atomic E-state index is 0.267. The second-order valence-corrected chi connectivity index (χ2v) is 8.09. The van der Waals surface area contributed by atoms with Crippen molar-refractivity contribution in [1.29, 1.82) is 0 Å². The number of aryl methyl sites for hydroxylation is 1. The average Bonchev–Trinajstić information content (AvgIpc) is 2.91. The van der Waals surface area contributed by atoms with E-state index >= 15 is 0 Å². The summed E-state index contributed by atoms with van der Waals surface area (Å²) in [5.74, 6) is 5.93. The number of nitrogens with zero attached hydrogens (tertiary/aromatic N) is 1. The van der Waals surface area contributed by atoms with Crippen molar-refractivity contribution in [2.45, 2.75) is 6.92 Å². The van der Waals surface area contributed by atoms with Gasteiger partial charge >= 0.3 is 5.97 Å². The fourth-order valence-corrected chi connectivity index (χ4v) is 3.57. The molecule has 0 saturated carbocycles. The Morgan fingerprint density at radius 2 is 1.68 bits per heavy atom. The number of hydrogen-bond acceptors (Lipinski definition) is 4. The lowest BCUT2D eigenvalue weighted by molar-refractivity contribution is -0.139. The number of aliphatic carboxylic acids is 1. The van der Waals surface area contributed by atoms with Gasteiger partial charge in [-0.1, -0.05) is 36.3 Å². The van der Waals surface area contributed by atoms with Crippen LogP contribution in [-0.4, -0.2) is 29.3 Å². The predicted octanol–water partition coefficient (Wildman–Crippen LogP) is 5.90. The van der Waals surface area contributed by atoms with Gasteiger partial charge < -0.3 is 14.6 Å². The van der Waals surface area contributed by atoms with Crippen molar-refractivity contribution in [2.75, 3.05) is 13.2 Å². The van der Waals surface area contributed by atoms with Crippen LogP contribution < -0.4 is 9.47 Å². The molecule has 1 aromatic heterocycles. The van der Waals surface area contributed by atoms with Crippen molar-refractivity contribution in [3.8, 4) is 23.3 Å². The molecule has 0 bridgehead atoms. The summed E-state index contributed by atoms with van der Waals surface area (Å²) < 4.78 is 24.8. The van der Waals surface area contributed by atoms with Crippen molar-refractivity contribution < 1.29 is 23.8 Å². The van der Waals surface area contributed by atoms with Gasteiger partial charge in [0.2, 0.25) is 0 Å². The van der Waals surface area contributed by atoms with Crippen LogP contribution >= 0.6 is 0 Å². The Morgan fingerprint density at radius 1 is 0.946 bits per heavy atom. The summed E-state index contributed by atoms with van der Waals surface area (Å²) in [6.07, 6.45) is 3.64. The van der Waals surface area contributed by atoms with Gasteiger partial charge in [-0.25, -0.2) is 14.2 Å². The van der Waals surface area contributed by atoms with E-state index < -0.39 is 12.6 Å². The number of carbonyl (C=O) groups is 1. The normalized spacial score (nSPS) is 10.8. The van der Waals surface area contributed by atoms with E-state index in [2.05, 4.69) is 16.8 Å². The molecule has 6 heteroatoms. The summed E-state index contributed by atoms with van der Waals surface area (Å²) in [5.41, 5.74) is 5.00. The minimum atomic E-state index is -1.04. The fraction of sp³-hybridized carbons (Fsp3) is 0.0968. The molecule has 37 heavy (non-hydrogen) atoms. The van der Waals surface area contributed by atoms with Crippen LogP contribution in [0.25, 0.3) is 5.57 Å². The second kappa shape index (κ2) is 12.2. The maximum Gasteiger partial charge on any atom is 0.341 e. The molecule has 0 aliphatic heterocycles. The molecule has 3 aromatic carbocycles. The molecule has 0 unspecified atom stereocenters. The minimum Gasteiger partial charge on any atom is -0.489 e. The van der Waals surface area contributed by atoms with Gasteiger partial charge in [0.25, 0.3) is 0 Å². The van der Waals surface area contributed by atoms with Crippen LogP contribution in [0.1, 0.15) is 27.9 Å². The van der Waals surface area contributed by atoms with Gasteiger partial charge in [0.1, 0.15) is 29.6 Å². The number of carboxylic acids is 1. The molecule has 0 spiro atoms. The van der Waals surface area contributed by atoms with E-state index in [9.17, 15) is 9.18 Å². The van der Waals surface area contributed by atoms with Gasteiger partial charge in [0.15, 0.2) is 6.61 Å². The number of benzene rings is 3. The van der Waals surface area contributed by atoms with Gasteiger partial charge in [-0.3, -0.25) is 0 Å². The van der Waals surface area contributed by atoms with E-state index in [-0.39, 0.29) is 12.4 Å². The molecular formula is C31H24FNO4. The first-order chi connectivity index (χ1) is 18.0. The first-order valence-corrected chi connectivity index (χ1v) is 11.6. The molecule has 5 nitrogen and oxygen atoms in total. The predicted molar refractivity (Wildman–Crippen MR) is 140 cm³/mol. The van der Waals surface area contributed by atoms with Gasteiger partial charge in [-0.2, -0.15) is 0 Å². The van der Waals surface area contributed by atoms with Crippen molar-refractivity contribution in [2.24, 2.45) is 0 Å². The van der Waals surface area contributed by atoms with Gasteiger partial charge in [-0.15, -0.1) is 0 Å². The Morgan fingerprint density at radius 3 is 2.32 bits per heavy atom. The van der Waals surface area contributed by atoms with Crippen molar-refractivity contribution in [1.82, 2.24) is 4.98 Å². The highest BCUT2D eigenvalue weighted by Crippen LogP contribution is 2.26. The maximum atomic E-state index is 13.6. The fourth-order valence-electron chi connectivity index (χ4n) is 3.57. The summed E-state index contributed by atoms with van der Waals surface area (Å²) in [6, 6.07) is 24.9. The molecule has 1 heterocycles. The first kappa shape index (κ1) is 25.2. The monoisotopic (exact) mass is 493 g/mol. The third-order valence-electron chi connectivity index (χ3n) is 5.39. The number of halogens is 1. The molecule has 4 rings (SSSR count). The Bertz CT molecular complexity index is 1450. The van der Waals surface area contributed by atoms with Crippen LogP contribution in [0.4, 0.5) is 4.39 Å². The van der Waals surface area contributed by atoms with E-state index in [4.69, 9.17) is 14.6 Å². The highest BCUT2D eigenvalue weighted by molar-refractivity contribution is 5.80. The SMILES string of the molecule is Cc1cc(OCC=C(c2ccc(F)cc2)c2ccc(C#Cc3ccccn3)cc2)ccc1OCC(=O)O. The number of pyridine rings is 1. The van der Waals surface area contributed by atoms with Crippen LogP contribution in [0.2, 0.25) is 0 Å². The van der Waals surface area contributed by atoms with Gasteiger partial charge in [0.05, 0.1) is 0 Å². The van der Waals surface area contributed by atoms with Crippen LogP contribution in [0.15, 0.2) is 97.2 Å². The summed E-state index contributed by atoms with van der Waals surface area (Å²) in [6.45, 7) is 1.68. The molecule has 1 N–H and O–H groups in total. The van der Waals surface area contributed by atoms with Gasteiger partial charge in [-0.05, 0) is 95.8 Å². The molecule has 0 aliphatic rings. The molecule has 0 aliphatic carbocycles. The van der Waals surface area contributed by atoms with Crippen molar-refractivity contribution in [3.05, 3.63) is 131 Å². The second-order valence-electron chi connectivity index (χ2n) is 8.09. The van der Waals surface area contributed by atoms with E-state index in [1.807, 2.05) is 55.5 Å². The highest BCUT2D eigenvalue weighted by atomic mass is 19.1. The third-order valence-corrected chi connectivity index (χ3v) is 5.39. The smallest absolute Gasteiger partial charge is 0.341 e. The molecule has 0 fully saturated rings. The van der Waals surface area contributed by atoms with E-state index in [0.29, 0.717) is 17.2 Å². The van der Waals surface area contributed by atoms with Gasteiger partial charge in [0, 0.05) is 11.8 Å². The lowest BCUT2D eigenvalue weighted by Gasteiger charge is -2.12. The number of hydrogen-bond donors (Lipinski definition) is 1. The Labute approximate surface area is 214 Å². The topological polar surface area (TPSA) is 68.7 Å². The first-order valence-electron chi connectivity index (χ1n) is 11.6. The van der Waals surface area contributed by atoms with Crippen molar-refractivity contribution >= 4 is 11.5 Å². The standard InChI is InChI=1S/C31H24FNO4/c1-22-20-28(15-16-30(22)37-21-31(34)35)36-19-17-29(25-10-12-26(32)13-11-25)24-8-5-23(6-9-24)7-14-27-4-2-3-18-33-27/h2-6,8-13,15-18,20H,19,21H2,1H3,(H,34,35). The molecule has 184 valence electrons. The molecule has 0 radical (unpaired) electrons. The highest BCUT2D eigenvalue weighted by Gasteiger charge is 2.08. The molecule has 0 amide bonds. The molecule has 4 aromatic rings. The number of ether oxygens (including phenoxy) is 2. The lowest BCUT2D eigenvalue weighted by Crippen LogP contribution is -2.10. The van der Waals surface area contributed by atoms with E-state index in [1.165, 1.54) is 12.1 Å². The van der Waals surface area contributed by atoms with E-state index in [1.54, 1.807) is 36.5 Å². The van der Waals surface area contributed by atoms with Crippen LogP contribution in [-0.2, 0) is 4.79 Å². The quantitative estimate of drug-likeness (QED) is 0.310. The largest absolute Gasteiger partial charge is 0.489 e.